The molecule has 0 unspecified atom stereocenters. The van der Waals surface area contributed by atoms with Gasteiger partial charge in [-0.2, -0.15) is 13.2 Å². The van der Waals surface area contributed by atoms with E-state index in [0.29, 0.717) is 68.8 Å². The van der Waals surface area contributed by atoms with Gasteiger partial charge in [0.05, 0.1) is 16.7 Å². The summed E-state index contributed by atoms with van der Waals surface area (Å²) in [6, 6.07) is 32.2. The first-order chi connectivity index (χ1) is 32.9. The van der Waals surface area contributed by atoms with Gasteiger partial charge in [0.25, 0.3) is 25.8 Å². The topological polar surface area (TPSA) is 165 Å². The van der Waals surface area contributed by atoms with Gasteiger partial charge in [-0.1, -0.05) is 66.2 Å². The lowest BCUT2D eigenvalue weighted by atomic mass is 9.84. The Labute approximate surface area is 414 Å². The number of rotatable bonds is 19. The number of carbonyl (C=O) groups is 2. The van der Waals surface area contributed by atoms with Crippen molar-refractivity contribution >= 4 is 78.0 Å². The molecule has 368 valence electrons. The molecule has 2 amide bonds. The average molecular weight is 1050 g/mol. The maximum absolute atomic E-state index is 14.3. The number of nitrogens with one attached hydrogen (secondary N) is 3. The lowest BCUT2D eigenvalue weighted by molar-refractivity contribution is -0.118. The van der Waals surface area contributed by atoms with Gasteiger partial charge in [0, 0.05) is 65.2 Å². The predicted molar refractivity (Wildman–Crippen MR) is 265 cm³/mol. The standard InChI is InChI=1S/C49H52Cl2F3N5O7S3/c50-31-46(60)55-24-28-58-25-6-7-39(58)29-37(32-67-40-8-2-1-3-9-40)56-44-21-20-41(30-45(44)68(63,64)49(52,53)54)69(65,66)57-48(62)35-14-18-38(19-15-35)59-26-22-34(23-27-59)47(61)43-11-5-4-10-42(43)33-12-16-36(51)17-13-33/h1-5,8-21,30,34,37,39,47,56,61H,6-7,22-29,31-32H2,(H,55,60)(H,57,62)/t37-,39+,47-/m1/s1. The molecule has 2 heterocycles. The summed E-state index contributed by atoms with van der Waals surface area (Å²) in [5.41, 5.74) is -2.86. The van der Waals surface area contributed by atoms with Gasteiger partial charge in [-0.3, -0.25) is 14.5 Å². The number of anilines is 2. The number of nitrogens with zero attached hydrogens (tertiary/aromatic N) is 2. The summed E-state index contributed by atoms with van der Waals surface area (Å²) in [7, 11) is -11.0. The van der Waals surface area contributed by atoms with E-state index in [-0.39, 0.29) is 29.3 Å². The monoisotopic (exact) mass is 1050 g/mol. The second-order valence-electron chi connectivity index (χ2n) is 17.0. The fourth-order valence-corrected chi connectivity index (χ4v) is 12.1. The number of aliphatic hydroxyl groups is 1. The highest BCUT2D eigenvalue weighted by molar-refractivity contribution is 7.99. The number of likely N-dealkylation sites (tertiary alicyclic amines) is 1. The van der Waals surface area contributed by atoms with Crippen LogP contribution in [0.3, 0.4) is 0 Å². The summed E-state index contributed by atoms with van der Waals surface area (Å²) in [4.78, 5) is 28.1. The lowest BCUT2D eigenvalue weighted by Gasteiger charge is -2.36. The third kappa shape index (κ3) is 13.1. The minimum atomic E-state index is -6.13. The van der Waals surface area contributed by atoms with E-state index >= 15 is 0 Å². The highest BCUT2D eigenvalue weighted by Gasteiger charge is 2.48. The van der Waals surface area contributed by atoms with E-state index in [1.807, 2.05) is 83.6 Å². The number of thioether (sulfide) groups is 1. The molecule has 0 bridgehead atoms. The summed E-state index contributed by atoms with van der Waals surface area (Å²) in [6.45, 7) is 2.74. The first kappa shape index (κ1) is 52.0. The van der Waals surface area contributed by atoms with Crippen molar-refractivity contribution in [3.63, 3.8) is 0 Å². The highest BCUT2D eigenvalue weighted by Crippen LogP contribution is 2.39. The number of sulfone groups is 1. The number of benzene rings is 5. The van der Waals surface area contributed by atoms with Crippen molar-refractivity contribution < 1.29 is 44.7 Å². The summed E-state index contributed by atoms with van der Waals surface area (Å²) >= 11 is 13.1. The van der Waals surface area contributed by atoms with Crippen LogP contribution in [0.1, 0.15) is 54.1 Å². The smallest absolute Gasteiger partial charge is 0.388 e. The Bertz CT molecular complexity index is 2790. The predicted octanol–water partition coefficient (Wildman–Crippen LogP) is 9.15. The highest BCUT2D eigenvalue weighted by atomic mass is 35.5. The summed E-state index contributed by atoms with van der Waals surface area (Å²) < 4.78 is 98.5. The zero-order chi connectivity index (χ0) is 49.3. The first-order valence-electron chi connectivity index (χ1n) is 22.3. The second kappa shape index (κ2) is 22.9. The first-order valence-corrected chi connectivity index (χ1v) is 27.2. The van der Waals surface area contributed by atoms with Gasteiger partial charge < -0.3 is 20.6 Å². The third-order valence-electron chi connectivity index (χ3n) is 12.5. The third-order valence-corrected chi connectivity index (χ3v) is 17.0. The van der Waals surface area contributed by atoms with E-state index in [0.717, 1.165) is 52.2 Å². The van der Waals surface area contributed by atoms with Crippen LogP contribution in [0.25, 0.3) is 11.1 Å². The molecule has 0 spiro atoms. The number of aliphatic hydroxyl groups excluding tert-OH is 1. The van der Waals surface area contributed by atoms with Crippen molar-refractivity contribution in [1.29, 1.82) is 0 Å². The van der Waals surface area contributed by atoms with Gasteiger partial charge in [0.15, 0.2) is 0 Å². The van der Waals surface area contributed by atoms with Crippen LogP contribution in [0.2, 0.25) is 5.02 Å². The van der Waals surface area contributed by atoms with E-state index in [1.54, 1.807) is 12.1 Å². The van der Waals surface area contributed by atoms with Crippen molar-refractivity contribution in [2.75, 3.05) is 54.6 Å². The molecule has 0 aliphatic carbocycles. The Balaban J connectivity index is 1.04. The molecule has 7 rings (SSSR count). The SMILES string of the molecule is O=C(CCl)NCCN1CCC[C@H]1C[C@H](CSc1ccccc1)Nc1ccc(S(=O)(=O)NC(=O)c2ccc(N3CCC([C@@H](O)c4ccccc4-c4ccc(Cl)cc4)CC3)cc2)cc1S(=O)(=O)C(F)(F)F. The van der Waals surface area contributed by atoms with Crippen LogP contribution in [0.15, 0.2) is 136 Å². The number of piperidine rings is 1. The molecule has 5 aromatic carbocycles. The largest absolute Gasteiger partial charge is 0.501 e. The number of sulfonamides is 1. The van der Waals surface area contributed by atoms with Crippen LogP contribution in [0.4, 0.5) is 24.5 Å². The van der Waals surface area contributed by atoms with Crippen LogP contribution in [0.5, 0.6) is 0 Å². The van der Waals surface area contributed by atoms with Crippen LogP contribution < -0.4 is 20.3 Å². The molecule has 69 heavy (non-hydrogen) atoms. The molecular weight excluding hydrogens is 995 g/mol. The zero-order valence-corrected chi connectivity index (χ0v) is 41.2. The lowest BCUT2D eigenvalue weighted by Crippen LogP contribution is -2.40. The van der Waals surface area contributed by atoms with Crippen LogP contribution in [0, 0.1) is 5.92 Å². The number of carbonyl (C=O) groups excluding carboxylic acids is 2. The number of hydrogen-bond donors (Lipinski definition) is 4. The van der Waals surface area contributed by atoms with Crippen LogP contribution in [-0.2, 0) is 24.7 Å². The second-order valence-corrected chi connectivity index (χ2v) is 22.4. The van der Waals surface area contributed by atoms with Gasteiger partial charge in [0.1, 0.15) is 10.8 Å². The maximum Gasteiger partial charge on any atom is 0.501 e. The molecule has 0 saturated carbocycles. The van der Waals surface area contributed by atoms with E-state index in [2.05, 4.69) is 20.4 Å². The van der Waals surface area contributed by atoms with Gasteiger partial charge in [-0.25, -0.2) is 21.6 Å². The van der Waals surface area contributed by atoms with E-state index in [4.69, 9.17) is 23.2 Å². The molecule has 0 aromatic heterocycles. The summed E-state index contributed by atoms with van der Waals surface area (Å²) in [5, 5.41) is 17.9. The molecule has 4 N–H and O–H groups in total. The Hall–Kier alpha value is -4.82. The number of hydrogen-bond acceptors (Lipinski definition) is 11. The molecule has 12 nitrogen and oxygen atoms in total. The maximum atomic E-state index is 14.3. The molecule has 2 saturated heterocycles. The van der Waals surface area contributed by atoms with Gasteiger partial charge >= 0.3 is 5.51 Å². The molecule has 2 aliphatic heterocycles. The average Bonchev–Trinajstić information content (AvgIpc) is 3.79. The van der Waals surface area contributed by atoms with Crippen LogP contribution >= 0.6 is 35.0 Å². The molecule has 3 atom stereocenters. The van der Waals surface area contributed by atoms with Gasteiger partial charge in [-0.15, -0.1) is 23.4 Å². The minimum Gasteiger partial charge on any atom is -0.388 e. The Kier molecular flexibility index (Phi) is 17.3. The van der Waals surface area contributed by atoms with E-state index in [1.165, 1.54) is 23.9 Å². The van der Waals surface area contributed by atoms with Gasteiger partial charge in [0.2, 0.25) is 5.91 Å². The minimum absolute atomic E-state index is 0.0289. The molecular formula is C49H52Cl2F3N5O7S3. The normalized spacial score (nSPS) is 17.0. The molecule has 0 radical (unpaired) electrons. The number of halogens is 5. The fourth-order valence-electron chi connectivity index (χ4n) is 8.85. The number of amides is 2. The van der Waals surface area contributed by atoms with Gasteiger partial charge in [-0.05, 0) is 128 Å². The van der Waals surface area contributed by atoms with E-state index < -0.39 is 58.9 Å². The molecule has 20 heteroatoms. The Morgan fingerprint density at radius 2 is 1.52 bits per heavy atom. The fraction of sp³-hybridized carbons (Fsp3) is 0.347. The quantitative estimate of drug-likeness (QED) is 0.0461. The number of alkyl halides is 4. The van der Waals surface area contributed by atoms with Crippen molar-refractivity contribution in [1.82, 2.24) is 14.9 Å². The van der Waals surface area contributed by atoms with Crippen LogP contribution in [-0.4, -0.2) is 101 Å². The van der Waals surface area contributed by atoms with E-state index in [9.17, 15) is 44.7 Å². The summed E-state index contributed by atoms with van der Waals surface area (Å²) in [5.74, 6) is -1.31. The van der Waals surface area contributed by atoms with Crippen molar-refractivity contribution in [2.24, 2.45) is 5.92 Å². The molecule has 5 aromatic rings. The van der Waals surface area contributed by atoms with Crippen molar-refractivity contribution in [2.45, 2.75) is 70.5 Å². The Morgan fingerprint density at radius 3 is 2.20 bits per heavy atom. The zero-order valence-electron chi connectivity index (χ0n) is 37.2. The molecule has 2 aliphatic rings. The Morgan fingerprint density at radius 1 is 0.841 bits per heavy atom. The van der Waals surface area contributed by atoms with Crippen molar-refractivity contribution in [3.8, 4) is 11.1 Å². The molecule has 2 fully saturated rings. The summed E-state index contributed by atoms with van der Waals surface area (Å²) in [6.07, 6.45) is 2.58. The van der Waals surface area contributed by atoms with Crippen molar-refractivity contribution in [3.05, 3.63) is 137 Å².